The first kappa shape index (κ1) is 15.9. The van der Waals surface area contributed by atoms with Crippen LogP contribution in [0.15, 0.2) is 42.3 Å². The van der Waals surface area contributed by atoms with E-state index in [1.54, 1.807) is 24.5 Å². The van der Waals surface area contributed by atoms with E-state index >= 15 is 0 Å². The molecule has 0 aliphatic rings. The summed E-state index contributed by atoms with van der Waals surface area (Å²) in [5.41, 5.74) is 1.11. The highest BCUT2D eigenvalue weighted by molar-refractivity contribution is 7.09. The molecule has 5 heteroatoms. The van der Waals surface area contributed by atoms with Gasteiger partial charge in [0, 0.05) is 5.56 Å². The van der Waals surface area contributed by atoms with E-state index in [4.69, 9.17) is 21.1 Å². The smallest absolute Gasteiger partial charge is 0.180 e. The predicted octanol–water partition coefficient (Wildman–Crippen LogP) is 3.24. The lowest BCUT2D eigenvalue weighted by molar-refractivity contribution is -0.685. The summed E-state index contributed by atoms with van der Waals surface area (Å²) >= 11 is 8.05. The van der Waals surface area contributed by atoms with Crippen molar-refractivity contribution in [2.45, 2.75) is 13.1 Å². The van der Waals surface area contributed by atoms with E-state index in [-0.39, 0.29) is 0 Å². The van der Waals surface area contributed by atoms with Gasteiger partial charge in [-0.2, -0.15) is 0 Å². The number of rotatable bonds is 8. The Balaban J connectivity index is 2.02. The normalized spacial score (nSPS) is 10.4. The fourth-order valence-corrected chi connectivity index (χ4v) is 2.97. The molecule has 0 fully saturated rings. The molecule has 0 unspecified atom stereocenters. The second-order valence-electron chi connectivity index (χ2n) is 4.48. The zero-order chi connectivity index (χ0) is 15.1. The molecule has 0 atom stereocenters. The van der Waals surface area contributed by atoms with Gasteiger partial charge in [0.25, 0.3) is 0 Å². The second kappa shape index (κ2) is 8.08. The van der Waals surface area contributed by atoms with E-state index in [2.05, 4.69) is 29.4 Å². The van der Waals surface area contributed by atoms with Crippen LogP contribution in [-0.4, -0.2) is 13.7 Å². The average Bonchev–Trinajstić information content (AvgIpc) is 2.99. The van der Waals surface area contributed by atoms with Crippen molar-refractivity contribution in [2.24, 2.45) is 0 Å². The Morgan fingerprint density at radius 2 is 2.24 bits per heavy atom. The summed E-state index contributed by atoms with van der Waals surface area (Å²) < 4.78 is 10.9. The van der Waals surface area contributed by atoms with Crippen molar-refractivity contribution >= 4 is 22.9 Å². The maximum atomic E-state index is 6.28. The highest BCUT2D eigenvalue weighted by Gasteiger charge is 2.12. The molecule has 0 saturated carbocycles. The van der Waals surface area contributed by atoms with Crippen LogP contribution in [0.25, 0.3) is 0 Å². The van der Waals surface area contributed by atoms with Crippen LogP contribution in [-0.2, 0) is 13.1 Å². The summed E-state index contributed by atoms with van der Waals surface area (Å²) in [6, 6.07) is 8.10. The summed E-state index contributed by atoms with van der Waals surface area (Å²) in [6.07, 6.45) is 1.68. The molecule has 112 valence electrons. The summed E-state index contributed by atoms with van der Waals surface area (Å²) in [5, 5.41) is 4.89. The minimum atomic E-state index is 0.403. The van der Waals surface area contributed by atoms with Crippen molar-refractivity contribution < 1.29 is 14.8 Å². The van der Waals surface area contributed by atoms with Crippen molar-refractivity contribution in [3.63, 3.8) is 0 Å². The molecule has 1 aromatic heterocycles. The quantitative estimate of drug-likeness (QED) is 0.757. The monoisotopic (exact) mass is 324 g/mol. The number of quaternary nitrogens is 1. The topological polar surface area (TPSA) is 35.1 Å². The number of nitrogens with two attached hydrogens (primary N) is 1. The number of halogens is 1. The summed E-state index contributed by atoms with van der Waals surface area (Å²) in [7, 11) is 1.62. The van der Waals surface area contributed by atoms with Crippen LogP contribution in [0.1, 0.15) is 10.4 Å². The fourth-order valence-electron chi connectivity index (χ4n) is 1.98. The SMILES string of the molecule is C=CCOc1c(Cl)cc(C[NH2+]Cc2cccs2)cc1OC. The van der Waals surface area contributed by atoms with Gasteiger partial charge in [0.15, 0.2) is 11.5 Å². The third-order valence-corrected chi connectivity index (χ3v) is 4.12. The Labute approximate surface area is 134 Å². The molecular formula is C16H19ClNO2S+. The Morgan fingerprint density at radius 1 is 1.38 bits per heavy atom. The standard InChI is InChI=1S/C16H18ClNO2S/c1-3-6-20-16-14(17)8-12(9-15(16)19-2)10-18-11-13-5-4-7-21-13/h3-5,7-9,18H,1,6,10-11H2,2H3/p+1. The van der Waals surface area contributed by atoms with Crippen molar-refractivity contribution in [3.8, 4) is 11.5 Å². The first-order valence-electron chi connectivity index (χ1n) is 6.68. The lowest BCUT2D eigenvalue weighted by Gasteiger charge is -2.12. The van der Waals surface area contributed by atoms with Crippen LogP contribution in [0.2, 0.25) is 5.02 Å². The van der Waals surface area contributed by atoms with Crippen molar-refractivity contribution in [2.75, 3.05) is 13.7 Å². The second-order valence-corrected chi connectivity index (χ2v) is 5.92. The first-order valence-corrected chi connectivity index (χ1v) is 7.94. The molecule has 0 radical (unpaired) electrons. The van der Waals surface area contributed by atoms with E-state index in [0.717, 1.165) is 18.7 Å². The third kappa shape index (κ3) is 4.49. The summed E-state index contributed by atoms with van der Waals surface area (Å²) in [4.78, 5) is 1.36. The van der Waals surface area contributed by atoms with Crippen molar-refractivity contribution in [3.05, 3.63) is 57.8 Å². The first-order chi connectivity index (χ1) is 10.2. The molecule has 21 heavy (non-hydrogen) atoms. The average molecular weight is 325 g/mol. The van der Waals surface area contributed by atoms with Crippen molar-refractivity contribution in [1.29, 1.82) is 0 Å². The van der Waals surface area contributed by atoms with Gasteiger partial charge >= 0.3 is 0 Å². The van der Waals surface area contributed by atoms with Gasteiger partial charge in [-0.15, -0.1) is 11.3 Å². The lowest BCUT2D eigenvalue weighted by Crippen LogP contribution is -2.80. The molecule has 0 bridgehead atoms. The number of hydrogen-bond acceptors (Lipinski definition) is 3. The van der Waals surface area contributed by atoms with Crippen molar-refractivity contribution in [1.82, 2.24) is 0 Å². The number of thiophene rings is 1. The van der Waals surface area contributed by atoms with Gasteiger partial charge in [0.05, 0.1) is 17.0 Å². The van der Waals surface area contributed by atoms with Gasteiger partial charge in [-0.1, -0.05) is 30.3 Å². The molecule has 0 spiro atoms. The predicted molar refractivity (Wildman–Crippen MR) is 87.3 cm³/mol. The molecule has 0 aliphatic heterocycles. The van der Waals surface area contributed by atoms with Gasteiger partial charge < -0.3 is 14.8 Å². The maximum absolute atomic E-state index is 6.28. The zero-order valence-corrected chi connectivity index (χ0v) is 13.5. The fraction of sp³-hybridized carbons (Fsp3) is 0.250. The molecule has 1 aromatic carbocycles. The van der Waals surface area contributed by atoms with Gasteiger partial charge in [0.1, 0.15) is 19.7 Å². The minimum absolute atomic E-state index is 0.403. The van der Waals surface area contributed by atoms with Crippen LogP contribution < -0.4 is 14.8 Å². The van der Waals surface area contributed by atoms with Crippen LogP contribution in [0, 0.1) is 0 Å². The molecule has 2 aromatic rings. The van der Waals surface area contributed by atoms with Crippen LogP contribution >= 0.6 is 22.9 Å². The Morgan fingerprint density at radius 3 is 2.90 bits per heavy atom. The van der Waals surface area contributed by atoms with Crippen LogP contribution in [0.5, 0.6) is 11.5 Å². The van der Waals surface area contributed by atoms with Gasteiger partial charge in [-0.3, -0.25) is 0 Å². The molecular weight excluding hydrogens is 306 g/mol. The molecule has 0 amide bonds. The summed E-state index contributed by atoms with van der Waals surface area (Å²) in [6.45, 7) is 5.84. The van der Waals surface area contributed by atoms with E-state index in [1.807, 2.05) is 12.1 Å². The molecule has 3 nitrogen and oxygen atoms in total. The Hall–Kier alpha value is -1.49. The van der Waals surface area contributed by atoms with Gasteiger partial charge in [-0.25, -0.2) is 0 Å². The molecule has 1 heterocycles. The third-order valence-electron chi connectivity index (χ3n) is 2.94. The van der Waals surface area contributed by atoms with E-state index in [9.17, 15) is 0 Å². The summed E-state index contributed by atoms with van der Waals surface area (Å²) in [5.74, 6) is 1.23. The number of ether oxygens (including phenoxy) is 2. The highest BCUT2D eigenvalue weighted by Crippen LogP contribution is 2.36. The van der Waals surface area contributed by atoms with E-state index < -0.39 is 0 Å². The number of methoxy groups -OCH3 is 1. The highest BCUT2D eigenvalue weighted by atomic mass is 35.5. The van der Waals surface area contributed by atoms with Gasteiger partial charge in [0.2, 0.25) is 0 Å². The lowest BCUT2D eigenvalue weighted by atomic mass is 10.2. The molecule has 2 rings (SSSR count). The molecule has 2 N–H and O–H groups in total. The van der Waals surface area contributed by atoms with Gasteiger partial charge in [-0.05, 0) is 23.6 Å². The number of benzene rings is 1. The maximum Gasteiger partial charge on any atom is 0.180 e. The Bertz CT molecular complexity index is 584. The molecule has 0 saturated heterocycles. The van der Waals surface area contributed by atoms with E-state index in [1.165, 1.54) is 4.88 Å². The number of hydrogen-bond donors (Lipinski definition) is 1. The van der Waals surface area contributed by atoms with Crippen LogP contribution in [0.3, 0.4) is 0 Å². The minimum Gasteiger partial charge on any atom is -0.493 e. The zero-order valence-electron chi connectivity index (χ0n) is 12.0. The van der Waals surface area contributed by atoms with Crippen LogP contribution in [0.4, 0.5) is 0 Å². The Kier molecular flexibility index (Phi) is 6.11. The van der Waals surface area contributed by atoms with E-state index in [0.29, 0.717) is 23.1 Å². The largest absolute Gasteiger partial charge is 0.493 e. The molecule has 0 aliphatic carbocycles.